The van der Waals surface area contributed by atoms with E-state index in [1.54, 1.807) is 26.2 Å². The molecule has 0 radical (unpaired) electrons. The van der Waals surface area contributed by atoms with Crippen molar-refractivity contribution >= 4 is 23.4 Å². The van der Waals surface area contributed by atoms with Crippen LogP contribution in [0.5, 0.6) is 5.88 Å². The van der Waals surface area contributed by atoms with Gasteiger partial charge in [0, 0.05) is 32.7 Å². The zero-order chi connectivity index (χ0) is 26.4. The van der Waals surface area contributed by atoms with Gasteiger partial charge in [-0.2, -0.15) is 0 Å². The normalized spacial score (nSPS) is 18.5. The zero-order valence-electron chi connectivity index (χ0n) is 20.7. The average molecular weight is 532 g/mol. The summed E-state index contributed by atoms with van der Waals surface area (Å²) < 4.78 is 25.8. The molecule has 37 heavy (non-hydrogen) atoms. The molecule has 1 saturated heterocycles. The molecule has 11 heteroatoms. The first-order valence-electron chi connectivity index (χ1n) is 12.0. The minimum Gasteiger partial charge on any atom is -0.473 e. The third-order valence-corrected chi connectivity index (χ3v) is 6.45. The SMILES string of the molecule is COCCN1CC(NC(=O)Nc2c(Cl)c(OCC(C)O)nn2-c2ccccc2)C(c2ccc(F)cc2)C1. The number of likely N-dealkylation sites (tertiary alicyclic amines) is 1. The highest BCUT2D eigenvalue weighted by Gasteiger charge is 2.35. The van der Waals surface area contributed by atoms with Gasteiger partial charge in [-0.3, -0.25) is 10.2 Å². The summed E-state index contributed by atoms with van der Waals surface area (Å²) in [7, 11) is 1.65. The van der Waals surface area contributed by atoms with E-state index in [9.17, 15) is 14.3 Å². The van der Waals surface area contributed by atoms with Crippen LogP contribution in [0.15, 0.2) is 54.6 Å². The molecule has 2 aromatic carbocycles. The predicted octanol–water partition coefficient (Wildman–Crippen LogP) is 3.66. The smallest absolute Gasteiger partial charge is 0.320 e. The van der Waals surface area contributed by atoms with Crippen LogP contribution in [0.4, 0.5) is 15.0 Å². The number of carbonyl (C=O) groups excluding carboxylic acids is 1. The highest BCUT2D eigenvalue weighted by Crippen LogP contribution is 2.34. The number of hydrogen-bond acceptors (Lipinski definition) is 6. The fourth-order valence-electron chi connectivity index (χ4n) is 4.33. The van der Waals surface area contributed by atoms with Crippen LogP contribution >= 0.6 is 11.6 Å². The number of rotatable bonds is 10. The first-order valence-corrected chi connectivity index (χ1v) is 12.4. The van der Waals surface area contributed by atoms with Crippen LogP contribution in [0.25, 0.3) is 5.69 Å². The minimum absolute atomic E-state index is 0.00407. The van der Waals surface area contributed by atoms with Crippen molar-refractivity contribution < 1.29 is 23.8 Å². The van der Waals surface area contributed by atoms with Gasteiger partial charge >= 0.3 is 6.03 Å². The van der Waals surface area contributed by atoms with Gasteiger partial charge in [-0.05, 0) is 36.8 Å². The Morgan fingerprint density at radius 3 is 2.62 bits per heavy atom. The molecule has 3 N–H and O–H groups in total. The molecule has 9 nitrogen and oxygen atoms in total. The van der Waals surface area contributed by atoms with E-state index in [4.69, 9.17) is 21.1 Å². The zero-order valence-corrected chi connectivity index (χ0v) is 21.5. The van der Waals surface area contributed by atoms with E-state index in [-0.39, 0.29) is 41.1 Å². The summed E-state index contributed by atoms with van der Waals surface area (Å²) in [4.78, 5) is 15.4. The molecule has 198 valence electrons. The topological polar surface area (TPSA) is 101 Å². The monoisotopic (exact) mass is 531 g/mol. The molecule has 3 atom stereocenters. The van der Waals surface area contributed by atoms with E-state index in [0.717, 1.165) is 5.56 Å². The van der Waals surface area contributed by atoms with Crippen molar-refractivity contribution in [3.63, 3.8) is 0 Å². The number of anilines is 1. The van der Waals surface area contributed by atoms with E-state index in [2.05, 4.69) is 20.6 Å². The van der Waals surface area contributed by atoms with Gasteiger partial charge in [-0.15, -0.1) is 5.10 Å². The molecule has 0 aliphatic carbocycles. The number of ether oxygens (including phenoxy) is 2. The largest absolute Gasteiger partial charge is 0.473 e. The van der Waals surface area contributed by atoms with Gasteiger partial charge in [0.15, 0.2) is 5.82 Å². The number of para-hydroxylation sites is 1. The number of carbonyl (C=O) groups is 1. The maximum atomic E-state index is 13.5. The van der Waals surface area contributed by atoms with Gasteiger partial charge in [0.25, 0.3) is 5.88 Å². The van der Waals surface area contributed by atoms with Crippen molar-refractivity contribution in [1.29, 1.82) is 0 Å². The van der Waals surface area contributed by atoms with E-state index >= 15 is 0 Å². The lowest BCUT2D eigenvalue weighted by Gasteiger charge is -2.21. The molecule has 2 heterocycles. The Bertz CT molecular complexity index is 1180. The number of urea groups is 1. The van der Waals surface area contributed by atoms with Crippen LogP contribution in [-0.2, 0) is 4.74 Å². The van der Waals surface area contributed by atoms with Crippen molar-refractivity contribution in [2.24, 2.45) is 0 Å². The summed E-state index contributed by atoms with van der Waals surface area (Å²) in [6.07, 6.45) is -0.718. The Balaban J connectivity index is 1.55. The molecular weight excluding hydrogens is 501 g/mol. The average Bonchev–Trinajstić information content (AvgIpc) is 3.43. The number of halogens is 2. The molecule has 1 aliphatic rings. The number of nitrogens with one attached hydrogen (secondary N) is 2. The minimum atomic E-state index is -0.718. The molecule has 0 bridgehead atoms. The number of benzene rings is 2. The third kappa shape index (κ3) is 6.78. The number of nitrogens with zero attached hydrogens (tertiary/aromatic N) is 3. The van der Waals surface area contributed by atoms with Crippen LogP contribution in [0.2, 0.25) is 5.02 Å². The van der Waals surface area contributed by atoms with Gasteiger partial charge in [0.05, 0.1) is 24.4 Å². The number of aliphatic hydroxyl groups is 1. The molecule has 3 unspecified atom stereocenters. The molecule has 0 saturated carbocycles. The fourth-order valence-corrected chi connectivity index (χ4v) is 4.55. The van der Waals surface area contributed by atoms with Gasteiger partial charge in [0.2, 0.25) is 0 Å². The van der Waals surface area contributed by atoms with Crippen LogP contribution in [0, 0.1) is 5.82 Å². The lowest BCUT2D eigenvalue weighted by molar-refractivity contribution is 0.119. The van der Waals surface area contributed by atoms with Crippen LogP contribution < -0.4 is 15.4 Å². The van der Waals surface area contributed by atoms with E-state index < -0.39 is 12.1 Å². The molecular formula is C26H31ClFN5O4. The van der Waals surface area contributed by atoms with Crippen molar-refractivity contribution in [3.8, 4) is 11.6 Å². The van der Waals surface area contributed by atoms with Crippen molar-refractivity contribution in [2.75, 3.05) is 45.3 Å². The Labute approximate surface area is 220 Å². The summed E-state index contributed by atoms with van der Waals surface area (Å²) in [5, 5.41) is 20.0. The van der Waals surface area contributed by atoms with Crippen molar-refractivity contribution in [2.45, 2.75) is 25.0 Å². The van der Waals surface area contributed by atoms with Gasteiger partial charge in [-0.1, -0.05) is 41.9 Å². The molecule has 3 aromatic rings. The van der Waals surface area contributed by atoms with E-state index in [1.807, 2.05) is 30.3 Å². The highest BCUT2D eigenvalue weighted by atomic mass is 35.5. The first-order chi connectivity index (χ1) is 17.9. The summed E-state index contributed by atoms with van der Waals surface area (Å²) in [5.41, 5.74) is 1.61. The number of hydrogen-bond donors (Lipinski definition) is 3. The predicted molar refractivity (Wildman–Crippen MR) is 139 cm³/mol. The van der Waals surface area contributed by atoms with Crippen molar-refractivity contribution in [3.05, 3.63) is 71.0 Å². The van der Waals surface area contributed by atoms with Gasteiger partial charge in [0.1, 0.15) is 17.4 Å². The summed E-state index contributed by atoms with van der Waals surface area (Å²) in [5.74, 6) is -0.0173. The summed E-state index contributed by atoms with van der Waals surface area (Å²) in [6.45, 7) is 4.16. The third-order valence-electron chi connectivity index (χ3n) is 6.11. The molecule has 4 rings (SSSR count). The van der Waals surface area contributed by atoms with E-state index in [1.165, 1.54) is 16.8 Å². The Hall–Kier alpha value is -3.18. The highest BCUT2D eigenvalue weighted by molar-refractivity contribution is 6.34. The maximum absolute atomic E-state index is 13.5. The Morgan fingerprint density at radius 1 is 1.22 bits per heavy atom. The van der Waals surface area contributed by atoms with Gasteiger partial charge < -0.3 is 19.9 Å². The first kappa shape index (κ1) is 26.9. The second-order valence-electron chi connectivity index (χ2n) is 8.99. The number of aliphatic hydroxyl groups excluding tert-OH is 1. The lowest BCUT2D eigenvalue weighted by atomic mass is 9.94. The standard InChI is InChI=1S/C26H31ClFN5O4/c1-17(34)16-37-25-23(27)24(33(31-25)20-6-4-3-5-7-20)30-26(35)29-22-15-32(12-13-36-2)14-21(22)18-8-10-19(28)11-9-18/h3-11,17,21-22,34H,12-16H2,1-2H3,(H2,29,30,35). The Kier molecular flexibility index (Phi) is 8.99. The number of amides is 2. The van der Waals surface area contributed by atoms with Crippen LogP contribution in [0.1, 0.15) is 18.4 Å². The van der Waals surface area contributed by atoms with E-state index in [0.29, 0.717) is 31.9 Å². The maximum Gasteiger partial charge on any atom is 0.320 e. The second-order valence-corrected chi connectivity index (χ2v) is 9.37. The quantitative estimate of drug-likeness (QED) is 0.369. The van der Waals surface area contributed by atoms with Gasteiger partial charge in [-0.25, -0.2) is 13.9 Å². The molecule has 1 aromatic heterocycles. The molecule has 0 spiro atoms. The van der Waals surface area contributed by atoms with Crippen LogP contribution in [-0.4, -0.2) is 77.9 Å². The summed E-state index contributed by atoms with van der Waals surface area (Å²) in [6, 6.07) is 14.8. The number of aromatic nitrogens is 2. The molecule has 1 fully saturated rings. The molecule has 2 amide bonds. The molecule has 1 aliphatic heterocycles. The Morgan fingerprint density at radius 2 is 1.95 bits per heavy atom. The second kappa shape index (κ2) is 12.4. The number of methoxy groups -OCH3 is 1. The summed E-state index contributed by atoms with van der Waals surface area (Å²) >= 11 is 6.55. The fraction of sp³-hybridized carbons (Fsp3) is 0.385. The van der Waals surface area contributed by atoms with Crippen LogP contribution in [0.3, 0.4) is 0 Å². The lowest BCUT2D eigenvalue weighted by Crippen LogP contribution is -2.42. The van der Waals surface area contributed by atoms with Crippen molar-refractivity contribution in [1.82, 2.24) is 20.0 Å².